The van der Waals surface area contributed by atoms with Gasteiger partial charge in [-0.1, -0.05) is 12.1 Å². The molecule has 0 saturated carbocycles. The molecular weight excluding hydrogens is 198 g/mol. The van der Waals surface area contributed by atoms with Crippen molar-refractivity contribution in [3.63, 3.8) is 0 Å². The molecule has 0 saturated heterocycles. The summed E-state index contributed by atoms with van der Waals surface area (Å²) in [7, 11) is 0. The number of hydrogen-bond acceptors (Lipinski definition) is 3. The fourth-order valence-electron chi connectivity index (χ4n) is 1.77. The minimum atomic E-state index is 0.765. The summed E-state index contributed by atoms with van der Waals surface area (Å²) < 4.78 is 0. The number of pyridine rings is 1. The topological polar surface area (TPSA) is 50.9 Å². The van der Waals surface area contributed by atoms with E-state index in [1.165, 1.54) is 16.5 Å². The van der Waals surface area contributed by atoms with Crippen molar-refractivity contribution in [2.24, 2.45) is 5.73 Å². The molecule has 0 spiro atoms. The van der Waals surface area contributed by atoms with E-state index in [0.717, 1.165) is 25.9 Å². The van der Waals surface area contributed by atoms with E-state index in [2.05, 4.69) is 28.5 Å². The van der Waals surface area contributed by atoms with E-state index in [1.807, 2.05) is 18.5 Å². The summed E-state index contributed by atoms with van der Waals surface area (Å²) in [6, 6.07) is 8.27. The Balaban J connectivity index is 2.11. The van der Waals surface area contributed by atoms with Gasteiger partial charge in [0.25, 0.3) is 0 Å². The third kappa shape index (κ3) is 2.49. The Bertz CT molecular complexity index is 448. The number of fused-ring (bicyclic) bond motifs is 1. The molecule has 3 N–H and O–H groups in total. The van der Waals surface area contributed by atoms with Gasteiger partial charge >= 0.3 is 0 Å². The molecule has 0 radical (unpaired) electrons. The molecule has 0 amide bonds. The number of nitrogens with two attached hydrogens (primary N) is 1. The van der Waals surface area contributed by atoms with E-state index >= 15 is 0 Å². The highest BCUT2D eigenvalue weighted by Gasteiger charge is 1.98. The van der Waals surface area contributed by atoms with Crippen molar-refractivity contribution in [3.8, 4) is 0 Å². The SMILES string of the molecule is NCCCCNc1cccc2cnccc12. The molecule has 0 aliphatic carbocycles. The average Bonchev–Trinajstić information content (AvgIpc) is 2.35. The Morgan fingerprint density at radius 1 is 1.19 bits per heavy atom. The monoisotopic (exact) mass is 215 g/mol. The van der Waals surface area contributed by atoms with Crippen LogP contribution in [0.25, 0.3) is 10.8 Å². The summed E-state index contributed by atoms with van der Waals surface area (Å²) in [5, 5.41) is 5.84. The van der Waals surface area contributed by atoms with Crippen LogP contribution in [0.5, 0.6) is 0 Å². The molecular formula is C13H17N3. The molecule has 1 aromatic carbocycles. The van der Waals surface area contributed by atoms with Gasteiger partial charge in [-0.15, -0.1) is 0 Å². The lowest BCUT2D eigenvalue weighted by molar-refractivity contribution is 0.774. The second-order valence-corrected chi connectivity index (χ2v) is 3.82. The van der Waals surface area contributed by atoms with Gasteiger partial charge < -0.3 is 11.1 Å². The van der Waals surface area contributed by atoms with Crippen LogP contribution < -0.4 is 11.1 Å². The largest absolute Gasteiger partial charge is 0.385 e. The van der Waals surface area contributed by atoms with Crippen LogP contribution in [-0.2, 0) is 0 Å². The van der Waals surface area contributed by atoms with E-state index in [-0.39, 0.29) is 0 Å². The van der Waals surface area contributed by atoms with Crippen LogP contribution in [0.15, 0.2) is 36.7 Å². The fraction of sp³-hybridized carbons (Fsp3) is 0.308. The van der Waals surface area contributed by atoms with Crippen molar-refractivity contribution < 1.29 is 0 Å². The van der Waals surface area contributed by atoms with Crippen molar-refractivity contribution >= 4 is 16.5 Å². The molecule has 1 aromatic heterocycles. The third-order valence-corrected chi connectivity index (χ3v) is 2.63. The molecule has 0 unspecified atom stereocenters. The van der Waals surface area contributed by atoms with Crippen LogP contribution in [0.2, 0.25) is 0 Å². The smallest absolute Gasteiger partial charge is 0.0420 e. The number of nitrogens with one attached hydrogen (secondary N) is 1. The molecule has 1 heterocycles. The maximum absolute atomic E-state index is 5.46. The summed E-state index contributed by atoms with van der Waals surface area (Å²) in [6.07, 6.45) is 5.89. The van der Waals surface area contributed by atoms with Gasteiger partial charge in [-0.25, -0.2) is 0 Å². The molecule has 0 atom stereocenters. The Morgan fingerprint density at radius 3 is 3.00 bits per heavy atom. The first-order valence-electron chi connectivity index (χ1n) is 5.68. The van der Waals surface area contributed by atoms with Crippen molar-refractivity contribution in [2.45, 2.75) is 12.8 Å². The quantitative estimate of drug-likeness (QED) is 0.753. The minimum absolute atomic E-state index is 0.765. The lowest BCUT2D eigenvalue weighted by Gasteiger charge is -2.08. The zero-order valence-corrected chi connectivity index (χ0v) is 9.32. The molecule has 0 aliphatic heterocycles. The maximum Gasteiger partial charge on any atom is 0.0420 e. The van der Waals surface area contributed by atoms with Crippen LogP contribution in [0, 0.1) is 0 Å². The van der Waals surface area contributed by atoms with Crippen molar-refractivity contribution in [2.75, 3.05) is 18.4 Å². The summed E-state index contributed by atoms with van der Waals surface area (Å²) in [6.45, 7) is 1.74. The molecule has 84 valence electrons. The number of benzene rings is 1. The summed E-state index contributed by atoms with van der Waals surface area (Å²) in [4.78, 5) is 4.12. The van der Waals surface area contributed by atoms with E-state index in [0.29, 0.717) is 0 Å². The molecule has 0 fully saturated rings. The van der Waals surface area contributed by atoms with Crippen molar-refractivity contribution in [1.29, 1.82) is 0 Å². The van der Waals surface area contributed by atoms with E-state index in [9.17, 15) is 0 Å². The van der Waals surface area contributed by atoms with Crippen molar-refractivity contribution in [3.05, 3.63) is 36.7 Å². The Hall–Kier alpha value is -1.61. The van der Waals surface area contributed by atoms with Gasteiger partial charge in [-0.3, -0.25) is 4.98 Å². The van der Waals surface area contributed by atoms with Crippen LogP contribution in [0.1, 0.15) is 12.8 Å². The molecule has 0 bridgehead atoms. The van der Waals surface area contributed by atoms with Gasteiger partial charge in [-0.2, -0.15) is 0 Å². The predicted octanol–water partition coefficient (Wildman–Crippen LogP) is 2.39. The van der Waals surface area contributed by atoms with E-state index in [1.54, 1.807) is 0 Å². The first-order valence-corrected chi connectivity index (χ1v) is 5.68. The molecule has 3 heteroatoms. The predicted molar refractivity (Wildman–Crippen MR) is 68.5 cm³/mol. The highest BCUT2D eigenvalue weighted by molar-refractivity contribution is 5.93. The standard InChI is InChI=1S/C13H17N3/c14-7-1-2-8-16-13-5-3-4-11-10-15-9-6-12(11)13/h3-6,9-10,16H,1-2,7-8,14H2. The lowest BCUT2D eigenvalue weighted by Crippen LogP contribution is -2.05. The molecule has 0 aliphatic rings. The molecule has 3 nitrogen and oxygen atoms in total. The normalized spacial score (nSPS) is 10.6. The van der Waals surface area contributed by atoms with Crippen LogP contribution >= 0.6 is 0 Å². The third-order valence-electron chi connectivity index (χ3n) is 2.63. The van der Waals surface area contributed by atoms with Crippen molar-refractivity contribution in [1.82, 2.24) is 4.98 Å². The number of unbranched alkanes of at least 4 members (excludes halogenated alkanes) is 1. The first-order chi connectivity index (χ1) is 7.92. The molecule has 2 rings (SSSR count). The molecule has 16 heavy (non-hydrogen) atoms. The Labute approximate surface area is 95.7 Å². The van der Waals surface area contributed by atoms with Crippen LogP contribution in [0.3, 0.4) is 0 Å². The summed E-state index contributed by atoms with van der Waals surface area (Å²) in [5.41, 5.74) is 6.64. The van der Waals surface area contributed by atoms with Gasteiger partial charge in [-0.05, 0) is 31.5 Å². The fourth-order valence-corrected chi connectivity index (χ4v) is 1.77. The van der Waals surface area contributed by atoms with Gasteiger partial charge in [0.2, 0.25) is 0 Å². The first kappa shape index (κ1) is 10.9. The highest BCUT2D eigenvalue weighted by Crippen LogP contribution is 2.21. The second kappa shape index (κ2) is 5.47. The van der Waals surface area contributed by atoms with E-state index < -0.39 is 0 Å². The van der Waals surface area contributed by atoms with E-state index in [4.69, 9.17) is 5.73 Å². The minimum Gasteiger partial charge on any atom is -0.385 e. The van der Waals surface area contributed by atoms with Gasteiger partial charge in [0.05, 0.1) is 0 Å². The summed E-state index contributed by atoms with van der Waals surface area (Å²) >= 11 is 0. The average molecular weight is 215 g/mol. The van der Waals surface area contributed by atoms with Gasteiger partial charge in [0.1, 0.15) is 0 Å². The van der Waals surface area contributed by atoms with Crippen LogP contribution in [0.4, 0.5) is 5.69 Å². The Kier molecular flexibility index (Phi) is 3.72. The number of anilines is 1. The lowest BCUT2D eigenvalue weighted by atomic mass is 10.1. The number of aromatic nitrogens is 1. The zero-order chi connectivity index (χ0) is 11.2. The molecule has 2 aromatic rings. The maximum atomic E-state index is 5.46. The number of hydrogen-bond donors (Lipinski definition) is 2. The highest BCUT2D eigenvalue weighted by atomic mass is 14.9. The Morgan fingerprint density at radius 2 is 2.12 bits per heavy atom. The number of nitrogens with zero attached hydrogens (tertiary/aromatic N) is 1. The number of rotatable bonds is 5. The summed E-state index contributed by atoms with van der Waals surface area (Å²) in [5.74, 6) is 0. The second-order valence-electron chi connectivity index (χ2n) is 3.82. The van der Waals surface area contributed by atoms with Crippen LogP contribution in [-0.4, -0.2) is 18.1 Å². The van der Waals surface area contributed by atoms with Gasteiger partial charge in [0, 0.05) is 35.4 Å². The van der Waals surface area contributed by atoms with Gasteiger partial charge in [0.15, 0.2) is 0 Å². The zero-order valence-electron chi connectivity index (χ0n) is 9.32.